The highest BCUT2D eigenvalue weighted by Gasteiger charge is 2.24. The van der Waals surface area contributed by atoms with Gasteiger partial charge in [-0.3, -0.25) is 0 Å². The summed E-state index contributed by atoms with van der Waals surface area (Å²) in [6, 6.07) is 6.26. The van der Waals surface area contributed by atoms with Gasteiger partial charge in [0.05, 0.1) is 17.9 Å². The van der Waals surface area contributed by atoms with Crippen LogP contribution in [0.3, 0.4) is 0 Å². The predicted octanol–water partition coefficient (Wildman–Crippen LogP) is 3.64. The number of anilines is 2. The third-order valence-corrected chi connectivity index (χ3v) is 4.18. The first-order valence-corrected chi connectivity index (χ1v) is 8.18. The van der Waals surface area contributed by atoms with E-state index in [0.29, 0.717) is 11.0 Å². The van der Waals surface area contributed by atoms with Crippen molar-refractivity contribution in [2.24, 2.45) is 5.92 Å². The molecule has 0 radical (unpaired) electrons. The van der Waals surface area contributed by atoms with Crippen LogP contribution in [0.5, 0.6) is 5.75 Å². The Hall–Kier alpha value is -1.75. The molecule has 0 bridgehead atoms. The van der Waals surface area contributed by atoms with E-state index in [1.54, 1.807) is 0 Å². The van der Waals surface area contributed by atoms with Gasteiger partial charge in [0.1, 0.15) is 11.9 Å². The summed E-state index contributed by atoms with van der Waals surface area (Å²) in [5, 5.41) is 2.60. The molecule has 1 aromatic carbocycles. The first-order chi connectivity index (χ1) is 10.0. The van der Waals surface area contributed by atoms with Crippen LogP contribution in [0.15, 0.2) is 23.6 Å². The zero-order valence-electron chi connectivity index (χ0n) is 12.7. The lowest BCUT2D eigenvalue weighted by Gasteiger charge is -2.36. The molecule has 1 aromatic heterocycles. The summed E-state index contributed by atoms with van der Waals surface area (Å²) in [5.74, 6) is 1.57. The minimum absolute atomic E-state index is 0.219. The SMILES string of the molecule is CC(C)CN1CC(C)Oc2ccc(-c3csc(N)n3)cc21. The number of fused-ring (bicyclic) bond motifs is 1. The van der Waals surface area contributed by atoms with Crippen molar-refractivity contribution in [2.45, 2.75) is 26.9 Å². The number of rotatable bonds is 3. The fourth-order valence-corrected chi connectivity index (χ4v) is 3.29. The Bertz CT molecular complexity index is 638. The van der Waals surface area contributed by atoms with Crippen LogP contribution in [-0.2, 0) is 0 Å². The van der Waals surface area contributed by atoms with E-state index >= 15 is 0 Å². The Morgan fingerprint density at radius 3 is 2.95 bits per heavy atom. The van der Waals surface area contributed by atoms with Gasteiger partial charge in [0, 0.05) is 17.5 Å². The molecule has 2 heterocycles. The smallest absolute Gasteiger partial charge is 0.180 e. The van der Waals surface area contributed by atoms with E-state index in [1.165, 1.54) is 11.3 Å². The van der Waals surface area contributed by atoms with Crippen LogP contribution in [-0.4, -0.2) is 24.2 Å². The molecule has 1 unspecified atom stereocenters. The molecule has 2 N–H and O–H groups in total. The molecule has 1 atom stereocenters. The number of thiazole rings is 1. The van der Waals surface area contributed by atoms with E-state index in [1.807, 2.05) is 11.4 Å². The van der Waals surface area contributed by atoms with Crippen molar-refractivity contribution in [3.63, 3.8) is 0 Å². The molecular weight excluding hydrogens is 282 g/mol. The first kappa shape index (κ1) is 14.2. The van der Waals surface area contributed by atoms with Crippen molar-refractivity contribution >= 4 is 22.2 Å². The average Bonchev–Trinajstić information content (AvgIpc) is 2.84. The third-order valence-electron chi connectivity index (χ3n) is 3.51. The number of aromatic nitrogens is 1. The predicted molar refractivity (Wildman–Crippen MR) is 89.1 cm³/mol. The minimum Gasteiger partial charge on any atom is -0.487 e. The number of benzene rings is 1. The lowest BCUT2D eigenvalue weighted by molar-refractivity contribution is 0.211. The van der Waals surface area contributed by atoms with E-state index < -0.39 is 0 Å². The molecule has 1 aliphatic heterocycles. The van der Waals surface area contributed by atoms with E-state index in [0.717, 1.165) is 35.8 Å². The molecule has 0 saturated heterocycles. The van der Waals surface area contributed by atoms with Gasteiger partial charge in [0.15, 0.2) is 5.13 Å². The largest absolute Gasteiger partial charge is 0.487 e. The van der Waals surface area contributed by atoms with Gasteiger partial charge >= 0.3 is 0 Å². The van der Waals surface area contributed by atoms with Crippen LogP contribution in [0, 0.1) is 5.92 Å². The number of nitrogen functional groups attached to an aromatic ring is 1. The van der Waals surface area contributed by atoms with Gasteiger partial charge in [-0.2, -0.15) is 0 Å². The third kappa shape index (κ3) is 2.97. The Morgan fingerprint density at radius 1 is 1.48 bits per heavy atom. The molecule has 2 aromatic rings. The van der Waals surface area contributed by atoms with Crippen molar-refractivity contribution < 1.29 is 4.74 Å². The second-order valence-corrected chi connectivity index (χ2v) is 6.87. The van der Waals surface area contributed by atoms with E-state index in [4.69, 9.17) is 10.5 Å². The highest BCUT2D eigenvalue weighted by Crippen LogP contribution is 2.37. The van der Waals surface area contributed by atoms with Crippen LogP contribution in [0.4, 0.5) is 10.8 Å². The second-order valence-electron chi connectivity index (χ2n) is 5.98. The monoisotopic (exact) mass is 303 g/mol. The zero-order valence-corrected chi connectivity index (χ0v) is 13.5. The molecule has 4 nitrogen and oxygen atoms in total. The van der Waals surface area contributed by atoms with Crippen molar-refractivity contribution in [3.05, 3.63) is 23.6 Å². The lowest BCUT2D eigenvalue weighted by Crippen LogP contribution is -2.40. The van der Waals surface area contributed by atoms with Gasteiger partial charge in [-0.05, 0) is 31.0 Å². The molecule has 21 heavy (non-hydrogen) atoms. The molecule has 3 rings (SSSR count). The maximum Gasteiger partial charge on any atom is 0.180 e. The fourth-order valence-electron chi connectivity index (χ4n) is 2.72. The van der Waals surface area contributed by atoms with Gasteiger partial charge in [-0.1, -0.05) is 13.8 Å². The molecule has 0 aliphatic carbocycles. The van der Waals surface area contributed by atoms with Crippen molar-refractivity contribution in [2.75, 3.05) is 23.7 Å². The fraction of sp³-hybridized carbons (Fsp3) is 0.438. The van der Waals surface area contributed by atoms with E-state index in [2.05, 4.69) is 42.8 Å². The maximum atomic E-state index is 5.96. The maximum absolute atomic E-state index is 5.96. The number of nitrogens with zero attached hydrogens (tertiary/aromatic N) is 2. The molecule has 0 spiro atoms. The Balaban J connectivity index is 1.98. The van der Waals surface area contributed by atoms with E-state index in [9.17, 15) is 0 Å². The summed E-state index contributed by atoms with van der Waals surface area (Å²) in [7, 11) is 0. The van der Waals surface area contributed by atoms with Crippen LogP contribution in [0.1, 0.15) is 20.8 Å². The Morgan fingerprint density at radius 2 is 2.29 bits per heavy atom. The molecule has 0 amide bonds. The van der Waals surface area contributed by atoms with Crippen LogP contribution in [0.25, 0.3) is 11.3 Å². The second kappa shape index (κ2) is 5.56. The minimum atomic E-state index is 0.219. The van der Waals surface area contributed by atoms with Crippen molar-refractivity contribution in [3.8, 4) is 17.0 Å². The van der Waals surface area contributed by atoms with Gasteiger partial charge in [0.25, 0.3) is 0 Å². The van der Waals surface area contributed by atoms with Crippen LogP contribution < -0.4 is 15.4 Å². The zero-order chi connectivity index (χ0) is 15.0. The quantitative estimate of drug-likeness (QED) is 0.940. The first-order valence-electron chi connectivity index (χ1n) is 7.30. The summed E-state index contributed by atoms with van der Waals surface area (Å²) in [6.07, 6.45) is 0.219. The topological polar surface area (TPSA) is 51.4 Å². The summed E-state index contributed by atoms with van der Waals surface area (Å²) >= 11 is 1.47. The number of hydrogen-bond acceptors (Lipinski definition) is 5. The molecule has 0 saturated carbocycles. The number of hydrogen-bond donors (Lipinski definition) is 1. The molecule has 5 heteroatoms. The Kier molecular flexibility index (Phi) is 3.76. The van der Waals surface area contributed by atoms with E-state index in [-0.39, 0.29) is 6.10 Å². The average molecular weight is 303 g/mol. The lowest BCUT2D eigenvalue weighted by atomic mass is 10.1. The van der Waals surface area contributed by atoms with Crippen LogP contribution in [0.2, 0.25) is 0 Å². The highest BCUT2D eigenvalue weighted by molar-refractivity contribution is 7.13. The molecular formula is C16H21N3OS. The van der Waals surface area contributed by atoms with Gasteiger partial charge in [0.2, 0.25) is 0 Å². The van der Waals surface area contributed by atoms with Crippen LogP contribution >= 0.6 is 11.3 Å². The van der Waals surface area contributed by atoms with Gasteiger partial charge in [-0.15, -0.1) is 11.3 Å². The molecule has 1 aliphatic rings. The van der Waals surface area contributed by atoms with Crippen molar-refractivity contribution in [1.82, 2.24) is 4.98 Å². The number of nitrogens with two attached hydrogens (primary N) is 1. The number of ether oxygens (including phenoxy) is 1. The molecule has 112 valence electrons. The highest BCUT2D eigenvalue weighted by atomic mass is 32.1. The van der Waals surface area contributed by atoms with Gasteiger partial charge in [-0.25, -0.2) is 4.98 Å². The standard InChI is InChI=1S/C16H21N3OS/c1-10(2)7-19-8-11(3)20-15-5-4-12(6-14(15)19)13-9-21-16(17)18-13/h4-6,9-11H,7-8H2,1-3H3,(H2,17,18). The summed E-state index contributed by atoms with van der Waals surface area (Å²) < 4.78 is 5.96. The molecule has 0 fully saturated rings. The normalized spacial score (nSPS) is 17.7. The summed E-state index contributed by atoms with van der Waals surface area (Å²) in [5.41, 5.74) is 8.92. The van der Waals surface area contributed by atoms with Crippen molar-refractivity contribution in [1.29, 1.82) is 0 Å². The Labute approximate surface area is 129 Å². The summed E-state index contributed by atoms with van der Waals surface area (Å²) in [6.45, 7) is 8.55. The van der Waals surface area contributed by atoms with Gasteiger partial charge < -0.3 is 15.4 Å². The summed E-state index contributed by atoms with van der Waals surface area (Å²) in [4.78, 5) is 6.78.